The molecule has 0 spiro atoms. The van der Waals surface area contributed by atoms with Crippen molar-refractivity contribution in [1.29, 1.82) is 0 Å². The lowest BCUT2D eigenvalue weighted by Gasteiger charge is -2.30. The van der Waals surface area contributed by atoms with Gasteiger partial charge in [0.15, 0.2) is 0 Å². The molecule has 0 unspecified atom stereocenters. The van der Waals surface area contributed by atoms with Crippen molar-refractivity contribution in [3.63, 3.8) is 0 Å². The number of benzene rings is 4. The zero-order chi connectivity index (χ0) is 33.0. The van der Waals surface area contributed by atoms with E-state index in [1.54, 1.807) is 15.9 Å². The predicted molar refractivity (Wildman–Crippen MR) is 213 cm³/mol. The molecule has 4 aromatic rings. The van der Waals surface area contributed by atoms with E-state index in [0.717, 1.165) is 0 Å². The average molecular weight is 655 g/mol. The molecule has 4 rings (SSSR count). The van der Waals surface area contributed by atoms with Gasteiger partial charge in [0.1, 0.15) is 0 Å². The highest BCUT2D eigenvalue weighted by Crippen LogP contribution is 2.51. The summed E-state index contributed by atoms with van der Waals surface area (Å²) in [5.41, 5.74) is 12.1. The van der Waals surface area contributed by atoms with Crippen molar-refractivity contribution < 1.29 is 0 Å². The minimum absolute atomic E-state index is 0.307. The summed E-state index contributed by atoms with van der Waals surface area (Å²) in [5.74, 6) is 0. The minimum Gasteiger partial charge on any atom is -0.0694 e. The van der Waals surface area contributed by atoms with Gasteiger partial charge in [-0.3, -0.25) is 0 Å². The molecular formula is C42H57P3. The molecule has 0 aliphatic carbocycles. The first kappa shape index (κ1) is 36.0. The van der Waals surface area contributed by atoms with Crippen molar-refractivity contribution in [3.8, 4) is 33.4 Å². The summed E-state index contributed by atoms with van der Waals surface area (Å²) in [6.45, 7) is 29.0. The largest absolute Gasteiger partial charge is 0.0694 e. The minimum atomic E-state index is -0.307. The summed E-state index contributed by atoms with van der Waals surface area (Å²) in [7, 11) is -0.921. The van der Waals surface area contributed by atoms with Crippen molar-refractivity contribution in [2.75, 3.05) is 0 Å². The molecule has 0 aliphatic heterocycles. The maximum absolute atomic E-state index is 2.51. The second-order valence-electron chi connectivity index (χ2n) is 14.1. The highest BCUT2D eigenvalue weighted by atomic mass is 31.1. The molecule has 0 aliphatic rings. The van der Waals surface area contributed by atoms with Crippen LogP contribution in [0.3, 0.4) is 0 Å². The van der Waals surface area contributed by atoms with Crippen molar-refractivity contribution >= 4 is 39.7 Å². The maximum Gasteiger partial charge on any atom is -0.0106 e. The molecule has 3 heteroatoms. The summed E-state index contributed by atoms with van der Waals surface area (Å²) < 4.78 is 0. The average Bonchev–Trinajstić information content (AvgIpc) is 2.97. The van der Waals surface area contributed by atoms with E-state index >= 15 is 0 Å². The van der Waals surface area contributed by atoms with Crippen molar-refractivity contribution in [1.82, 2.24) is 0 Å². The third kappa shape index (κ3) is 8.19. The van der Waals surface area contributed by atoms with Crippen LogP contribution in [0.2, 0.25) is 0 Å². The van der Waals surface area contributed by atoms with E-state index in [-0.39, 0.29) is 23.8 Å². The summed E-state index contributed by atoms with van der Waals surface area (Å²) in [4.78, 5) is 0. The van der Waals surface area contributed by atoms with Gasteiger partial charge in [0.2, 0.25) is 0 Å². The first-order valence-corrected chi connectivity index (χ1v) is 21.6. The molecule has 0 amide bonds. The summed E-state index contributed by atoms with van der Waals surface area (Å²) in [5, 5.41) is 4.63. The second kappa shape index (κ2) is 15.8. The lowest BCUT2D eigenvalue weighted by molar-refractivity contribution is 1.02. The van der Waals surface area contributed by atoms with Crippen molar-refractivity contribution in [3.05, 3.63) is 91.0 Å². The molecule has 0 radical (unpaired) electrons. The molecule has 45 heavy (non-hydrogen) atoms. The van der Waals surface area contributed by atoms with Gasteiger partial charge in [0.05, 0.1) is 0 Å². The summed E-state index contributed by atoms with van der Waals surface area (Å²) in [6.07, 6.45) is 0. The van der Waals surface area contributed by atoms with Crippen LogP contribution in [0.1, 0.15) is 83.1 Å². The Hall–Kier alpha value is -1.83. The number of rotatable bonds is 12. The molecule has 240 valence electrons. The molecule has 0 heterocycles. The highest BCUT2D eigenvalue weighted by Gasteiger charge is 2.26. The quantitative estimate of drug-likeness (QED) is 0.133. The van der Waals surface area contributed by atoms with E-state index in [4.69, 9.17) is 0 Å². The first-order chi connectivity index (χ1) is 21.3. The van der Waals surface area contributed by atoms with Gasteiger partial charge >= 0.3 is 0 Å². The zero-order valence-corrected chi connectivity index (χ0v) is 32.6. The van der Waals surface area contributed by atoms with Gasteiger partial charge in [-0.2, -0.15) is 0 Å². The van der Waals surface area contributed by atoms with Gasteiger partial charge in [-0.25, -0.2) is 0 Å². The molecule has 0 nitrogen and oxygen atoms in total. The fourth-order valence-corrected chi connectivity index (χ4v) is 16.5. The van der Waals surface area contributed by atoms with Crippen LogP contribution in [0, 0.1) is 0 Å². The Kier molecular flexibility index (Phi) is 12.7. The lowest BCUT2D eigenvalue weighted by Crippen LogP contribution is -2.18. The van der Waals surface area contributed by atoms with Gasteiger partial charge < -0.3 is 0 Å². The van der Waals surface area contributed by atoms with Gasteiger partial charge in [0.25, 0.3) is 0 Å². The zero-order valence-electron chi connectivity index (χ0n) is 30.0. The second-order valence-corrected chi connectivity index (χ2v) is 24.2. The standard InChI is InChI=1S/C42H57P3/c1-28(2)43(29(3)4)40-22-16-13-19-37(40)34-25-35(38-20-14-17-23-41(38)44(30(5)6)31(7)8)27-36(26-34)39-21-15-18-24-42(39)45(32(9)10)33(11)12/h13-33H,1-12H3. The Balaban J connectivity index is 2.09. The predicted octanol–water partition coefficient (Wildman–Crippen LogP) is 12.5. The third-order valence-electron chi connectivity index (χ3n) is 8.75. The molecule has 4 aromatic carbocycles. The normalized spacial score (nSPS) is 12.5. The van der Waals surface area contributed by atoms with E-state index in [2.05, 4.69) is 174 Å². The lowest BCUT2D eigenvalue weighted by atomic mass is 9.93. The molecule has 0 bridgehead atoms. The summed E-state index contributed by atoms with van der Waals surface area (Å²) >= 11 is 0. The van der Waals surface area contributed by atoms with Crippen LogP contribution in [0.15, 0.2) is 91.0 Å². The molecule has 0 saturated carbocycles. The first-order valence-electron chi connectivity index (χ1n) is 17.1. The smallest absolute Gasteiger partial charge is 0.0106 e. The maximum atomic E-state index is 2.51. The Morgan fingerprint density at radius 2 is 0.511 bits per heavy atom. The van der Waals surface area contributed by atoms with Gasteiger partial charge in [0, 0.05) is 0 Å². The van der Waals surface area contributed by atoms with Gasteiger partial charge in [-0.1, -0.05) is 180 Å². The van der Waals surface area contributed by atoms with Crippen LogP contribution in [0.5, 0.6) is 0 Å². The Labute approximate surface area is 280 Å². The Bertz CT molecular complexity index is 1320. The van der Waals surface area contributed by atoms with E-state index in [1.807, 2.05) is 0 Å². The summed E-state index contributed by atoms with van der Waals surface area (Å²) in [6, 6.07) is 35.5. The van der Waals surface area contributed by atoms with Crippen LogP contribution in [-0.2, 0) is 0 Å². The molecule has 0 fully saturated rings. The fraction of sp³-hybridized carbons (Fsp3) is 0.429. The van der Waals surface area contributed by atoms with Crippen LogP contribution in [0.25, 0.3) is 33.4 Å². The van der Waals surface area contributed by atoms with Gasteiger partial charge in [-0.05, 0) is 101 Å². The number of hydrogen-bond acceptors (Lipinski definition) is 0. The third-order valence-corrected chi connectivity index (χ3v) is 18.3. The van der Waals surface area contributed by atoms with Crippen LogP contribution in [-0.4, -0.2) is 34.0 Å². The molecule has 0 aromatic heterocycles. The van der Waals surface area contributed by atoms with Crippen molar-refractivity contribution in [2.45, 2.75) is 117 Å². The number of hydrogen-bond donors (Lipinski definition) is 0. The Morgan fingerprint density at radius 3 is 0.711 bits per heavy atom. The van der Waals surface area contributed by atoms with Crippen LogP contribution in [0.4, 0.5) is 0 Å². The fourth-order valence-electron chi connectivity index (χ4n) is 7.38. The SMILES string of the molecule is CC(C)P(c1ccccc1-c1cc(-c2ccccc2P(C(C)C)C(C)C)cc(-c2ccccc2P(C(C)C)C(C)C)c1)C(C)C. The highest BCUT2D eigenvalue weighted by molar-refractivity contribution is 7.68. The topological polar surface area (TPSA) is 0 Å². The van der Waals surface area contributed by atoms with Crippen LogP contribution < -0.4 is 15.9 Å². The van der Waals surface area contributed by atoms with E-state index in [1.165, 1.54) is 33.4 Å². The molecule has 0 saturated heterocycles. The molecule has 0 N–H and O–H groups in total. The van der Waals surface area contributed by atoms with E-state index in [0.29, 0.717) is 34.0 Å². The van der Waals surface area contributed by atoms with Crippen molar-refractivity contribution in [2.24, 2.45) is 0 Å². The van der Waals surface area contributed by atoms with E-state index in [9.17, 15) is 0 Å². The monoisotopic (exact) mass is 654 g/mol. The van der Waals surface area contributed by atoms with E-state index < -0.39 is 0 Å². The molecule has 0 atom stereocenters. The van der Waals surface area contributed by atoms with Crippen LogP contribution >= 0.6 is 23.8 Å². The van der Waals surface area contributed by atoms with Gasteiger partial charge in [-0.15, -0.1) is 0 Å². The Morgan fingerprint density at radius 1 is 0.311 bits per heavy atom. The molecular weight excluding hydrogens is 597 g/mol.